The SMILES string of the molecule is C=C1CCCC(C)(C)C1CC=O. The van der Waals surface area contributed by atoms with E-state index in [1.165, 1.54) is 18.4 Å². The van der Waals surface area contributed by atoms with Gasteiger partial charge in [-0.1, -0.05) is 26.0 Å². The van der Waals surface area contributed by atoms with Gasteiger partial charge in [-0.3, -0.25) is 0 Å². The maximum Gasteiger partial charge on any atom is 0.120 e. The van der Waals surface area contributed by atoms with Gasteiger partial charge in [0.25, 0.3) is 0 Å². The Balaban J connectivity index is 2.73. The van der Waals surface area contributed by atoms with Gasteiger partial charge in [0.15, 0.2) is 0 Å². The first-order valence-corrected chi connectivity index (χ1v) is 4.69. The van der Waals surface area contributed by atoms with Crippen LogP contribution in [0.25, 0.3) is 0 Å². The zero-order chi connectivity index (χ0) is 9.19. The molecule has 1 heteroatoms. The van der Waals surface area contributed by atoms with Crippen LogP contribution in [-0.2, 0) is 4.79 Å². The van der Waals surface area contributed by atoms with E-state index in [4.69, 9.17) is 0 Å². The Hall–Kier alpha value is -0.590. The zero-order valence-electron chi connectivity index (χ0n) is 8.10. The van der Waals surface area contributed by atoms with Crippen molar-refractivity contribution in [3.8, 4) is 0 Å². The average molecular weight is 166 g/mol. The lowest BCUT2D eigenvalue weighted by Crippen LogP contribution is -2.29. The lowest BCUT2D eigenvalue weighted by atomic mass is 9.66. The van der Waals surface area contributed by atoms with Crippen molar-refractivity contribution in [3.63, 3.8) is 0 Å². The van der Waals surface area contributed by atoms with Crippen molar-refractivity contribution < 1.29 is 4.79 Å². The fraction of sp³-hybridized carbons (Fsp3) is 0.727. The monoisotopic (exact) mass is 166 g/mol. The van der Waals surface area contributed by atoms with Gasteiger partial charge in [0.05, 0.1) is 0 Å². The summed E-state index contributed by atoms with van der Waals surface area (Å²) in [6, 6.07) is 0. The van der Waals surface area contributed by atoms with Crippen LogP contribution in [0.2, 0.25) is 0 Å². The van der Waals surface area contributed by atoms with E-state index < -0.39 is 0 Å². The Morgan fingerprint density at radius 1 is 1.67 bits per heavy atom. The van der Waals surface area contributed by atoms with Crippen molar-refractivity contribution in [1.82, 2.24) is 0 Å². The van der Waals surface area contributed by atoms with Crippen LogP contribution in [0.4, 0.5) is 0 Å². The van der Waals surface area contributed by atoms with Crippen LogP contribution in [0.1, 0.15) is 39.5 Å². The van der Waals surface area contributed by atoms with E-state index in [0.29, 0.717) is 12.3 Å². The molecule has 0 aromatic carbocycles. The average Bonchev–Trinajstić information content (AvgIpc) is 1.97. The van der Waals surface area contributed by atoms with E-state index in [2.05, 4.69) is 20.4 Å². The van der Waals surface area contributed by atoms with Crippen LogP contribution in [0.3, 0.4) is 0 Å². The van der Waals surface area contributed by atoms with Crippen LogP contribution in [-0.4, -0.2) is 6.29 Å². The van der Waals surface area contributed by atoms with Crippen molar-refractivity contribution in [1.29, 1.82) is 0 Å². The standard InChI is InChI=1S/C11H18O/c1-9-5-4-7-11(2,3)10(9)6-8-12/h8,10H,1,4-7H2,2-3H3. The minimum absolute atomic E-state index is 0.288. The summed E-state index contributed by atoms with van der Waals surface area (Å²) in [6.45, 7) is 8.53. The molecular formula is C11H18O. The molecule has 0 amide bonds. The molecule has 68 valence electrons. The van der Waals surface area contributed by atoms with Gasteiger partial charge in [-0.2, -0.15) is 0 Å². The molecule has 1 aliphatic rings. The molecule has 0 radical (unpaired) electrons. The molecule has 0 N–H and O–H groups in total. The van der Waals surface area contributed by atoms with Crippen molar-refractivity contribution in [2.75, 3.05) is 0 Å². The summed E-state index contributed by atoms with van der Waals surface area (Å²) in [5.74, 6) is 0.420. The van der Waals surface area contributed by atoms with Gasteiger partial charge in [0.1, 0.15) is 6.29 Å². The molecule has 0 aliphatic heterocycles. The van der Waals surface area contributed by atoms with Crippen LogP contribution in [0, 0.1) is 11.3 Å². The van der Waals surface area contributed by atoms with E-state index in [1.807, 2.05) is 0 Å². The first kappa shape index (κ1) is 9.50. The number of carbonyl (C=O) groups excluding carboxylic acids is 1. The number of hydrogen-bond acceptors (Lipinski definition) is 1. The number of aldehydes is 1. The van der Waals surface area contributed by atoms with Crippen LogP contribution >= 0.6 is 0 Å². The van der Waals surface area contributed by atoms with Crippen molar-refractivity contribution in [2.45, 2.75) is 39.5 Å². The molecule has 1 rings (SSSR count). The van der Waals surface area contributed by atoms with Gasteiger partial charge < -0.3 is 4.79 Å². The first-order chi connectivity index (χ1) is 5.58. The van der Waals surface area contributed by atoms with Gasteiger partial charge in [0.2, 0.25) is 0 Å². The predicted molar refractivity (Wildman–Crippen MR) is 50.9 cm³/mol. The summed E-state index contributed by atoms with van der Waals surface area (Å²) in [5.41, 5.74) is 1.56. The number of allylic oxidation sites excluding steroid dienone is 1. The summed E-state index contributed by atoms with van der Waals surface area (Å²) in [4.78, 5) is 10.5. The highest BCUT2D eigenvalue weighted by molar-refractivity contribution is 5.51. The second-order valence-corrected chi connectivity index (χ2v) is 4.46. The Bertz CT molecular complexity index is 191. The Kier molecular flexibility index (Phi) is 2.71. The van der Waals surface area contributed by atoms with Crippen molar-refractivity contribution >= 4 is 6.29 Å². The van der Waals surface area contributed by atoms with E-state index in [0.717, 1.165) is 12.7 Å². The predicted octanol–water partition coefficient (Wildman–Crippen LogP) is 2.96. The van der Waals surface area contributed by atoms with E-state index >= 15 is 0 Å². The van der Waals surface area contributed by atoms with E-state index in [-0.39, 0.29) is 5.41 Å². The minimum Gasteiger partial charge on any atom is -0.303 e. The molecule has 0 aromatic heterocycles. The fourth-order valence-corrected chi connectivity index (χ4v) is 2.25. The molecule has 1 saturated carbocycles. The van der Waals surface area contributed by atoms with Gasteiger partial charge in [-0.25, -0.2) is 0 Å². The van der Waals surface area contributed by atoms with Gasteiger partial charge in [0, 0.05) is 6.42 Å². The molecule has 1 nitrogen and oxygen atoms in total. The summed E-state index contributed by atoms with van der Waals surface area (Å²) < 4.78 is 0. The highest BCUT2D eigenvalue weighted by Gasteiger charge is 2.33. The number of rotatable bonds is 2. The smallest absolute Gasteiger partial charge is 0.120 e. The molecular weight excluding hydrogens is 148 g/mol. The van der Waals surface area contributed by atoms with Crippen molar-refractivity contribution in [2.24, 2.45) is 11.3 Å². The molecule has 0 saturated heterocycles. The van der Waals surface area contributed by atoms with E-state index in [9.17, 15) is 4.79 Å². The molecule has 1 aliphatic carbocycles. The molecule has 0 heterocycles. The van der Waals surface area contributed by atoms with Gasteiger partial charge in [-0.05, 0) is 30.6 Å². The molecule has 0 spiro atoms. The molecule has 1 atom stereocenters. The third-order valence-electron chi connectivity index (χ3n) is 3.09. The number of hydrogen-bond donors (Lipinski definition) is 0. The maximum atomic E-state index is 10.5. The number of carbonyl (C=O) groups is 1. The fourth-order valence-electron chi connectivity index (χ4n) is 2.25. The Morgan fingerprint density at radius 2 is 2.33 bits per heavy atom. The summed E-state index contributed by atoms with van der Waals surface area (Å²) >= 11 is 0. The highest BCUT2D eigenvalue weighted by atomic mass is 16.1. The summed E-state index contributed by atoms with van der Waals surface area (Å²) in [5, 5.41) is 0. The molecule has 12 heavy (non-hydrogen) atoms. The lowest BCUT2D eigenvalue weighted by Gasteiger charge is -2.39. The summed E-state index contributed by atoms with van der Waals surface area (Å²) in [7, 11) is 0. The normalized spacial score (nSPS) is 28.5. The third-order valence-corrected chi connectivity index (χ3v) is 3.09. The van der Waals surface area contributed by atoms with Crippen LogP contribution in [0.15, 0.2) is 12.2 Å². The summed E-state index contributed by atoms with van der Waals surface area (Å²) in [6.07, 6.45) is 5.27. The Morgan fingerprint density at radius 3 is 2.83 bits per heavy atom. The topological polar surface area (TPSA) is 17.1 Å². The highest BCUT2D eigenvalue weighted by Crippen LogP contribution is 2.44. The second-order valence-electron chi connectivity index (χ2n) is 4.46. The first-order valence-electron chi connectivity index (χ1n) is 4.69. The molecule has 1 unspecified atom stereocenters. The zero-order valence-corrected chi connectivity index (χ0v) is 8.10. The van der Waals surface area contributed by atoms with Crippen molar-refractivity contribution in [3.05, 3.63) is 12.2 Å². The van der Waals surface area contributed by atoms with E-state index in [1.54, 1.807) is 0 Å². The van der Waals surface area contributed by atoms with Crippen LogP contribution in [0.5, 0.6) is 0 Å². The van der Waals surface area contributed by atoms with Crippen LogP contribution < -0.4 is 0 Å². The minimum atomic E-state index is 0.288. The Labute approximate surface area is 74.9 Å². The molecule has 1 fully saturated rings. The third kappa shape index (κ3) is 1.77. The molecule has 0 aromatic rings. The maximum absolute atomic E-state index is 10.5. The lowest BCUT2D eigenvalue weighted by molar-refractivity contribution is -0.109. The second kappa shape index (κ2) is 3.42. The van der Waals surface area contributed by atoms with Gasteiger partial charge >= 0.3 is 0 Å². The largest absolute Gasteiger partial charge is 0.303 e. The quantitative estimate of drug-likeness (QED) is 0.455. The molecule has 0 bridgehead atoms. The van der Waals surface area contributed by atoms with Gasteiger partial charge in [-0.15, -0.1) is 0 Å².